The number of rotatable bonds is 2. The molecular formula is C11H16N2O2S. The number of benzene rings is 1. The van der Waals surface area contributed by atoms with Crippen LogP contribution in [0.1, 0.15) is 5.56 Å². The van der Waals surface area contributed by atoms with Crippen LogP contribution in [0.15, 0.2) is 23.1 Å². The van der Waals surface area contributed by atoms with Gasteiger partial charge in [0, 0.05) is 19.6 Å². The number of aryl methyl sites for hydroxylation is 1. The summed E-state index contributed by atoms with van der Waals surface area (Å²) >= 11 is 0. The molecule has 1 aromatic rings. The van der Waals surface area contributed by atoms with Crippen LogP contribution in [0.3, 0.4) is 0 Å². The van der Waals surface area contributed by atoms with Crippen LogP contribution in [-0.2, 0) is 9.84 Å². The Morgan fingerprint density at radius 3 is 2.88 bits per heavy atom. The summed E-state index contributed by atoms with van der Waals surface area (Å²) in [6.45, 7) is 3.67. The monoisotopic (exact) mass is 240 g/mol. The molecule has 0 saturated heterocycles. The minimum Gasteiger partial charge on any atom is -0.368 e. The zero-order chi connectivity index (χ0) is 11.8. The van der Waals surface area contributed by atoms with E-state index in [0.29, 0.717) is 24.5 Å². The SMILES string of the molecule is Cc1ccc2c(c1)S(=O)(=O)CCN2CCN. The highest BCUT2D eigenvalue weighted by Crippen LogP contribution is 2.30. The van der Waals surface area contributed by atoms with E-state index < -0.39 is 9.84 Å². The molecule has 4 nitrogen and oxygen atoms in total. The standard InChI is InChI=1S/C11H16N2O2S/c1-9-2-3-10-11(8-9)16(14,15)7-6-13(10)5-4-12/h2-3,8H,4-7,12H2,1H3. The molecule has 2 rings (SSSR count). The van der Waals surface area contributed by atoms with E-state index >= 15 is 0 Å². The van der Waals surface area contributed by atoms with E-state index in [1.165, 1.54) is 0 Å². The average molecular weight is 240 g/mol. The molecular weight excluding hydrogens is 224 g/mol. The summed E-state index contributed by atoms with van der Waals surface area (Å²) in [6.07, 6.45) is 0. The first-order valence-electron chi connectivity index (χ1n) is 5.33. The van der Waals surface area contributed by atoms with Crippen molar-refractivity contribution in [2.24, 2.45) is 5.73 Å². The van der Waals surface area contributed by atoms with E-state index in [2.05, 4.69) is 0 Å². The predicted octanol–water partition coefficient (Wildman–Crippen LogP) is 0.547. The van der Waals surface area contributed by atoms with Crippen molar-refractivity contribution in [3.63, 3.8) is 0 Å². The predicted molar refractivity (Wildman–Crippen MR) is 64.5 cm³/mol. The number of nitrogens with two attached hydrogens (primary N) is 1. The maximum absolute atomic E-state index is 11.9. The van der Waals surface area contributed by atoms with E-state index in [1.54, 1.807) is 6.07 Å². The zero-order valence-electron chi connectivity index (χ0n) is 9.31. The molecule has 0 atom stereocenters. The smallest absolute Gasteiger partial charge is 0.182 e. The van der Waals surface area contributed by atoms with Gasteiger partial charge >= 0.3 is 0 Å². The molecule has 16 heavy (non-hydrogen) atoms. The third-order valence-electron chi connectivity index (χ3n) is 2.82. The first-order valence-corrected chi connectivity index (χ1v) is 6.98. The normalized spacial score (nSPS) is 18.2. The van der Waals surface area contributed by atoms with Gasteiger partial charge in [0.25, 0.3) is 0 Å². The lowest BCUT2D eigenvalue weighted by atomic mass is 10.2. The van der Waals surface area contributed by atoms with Gasteiger partial charge in [0.05, 0.1) is 16.3 Å². The largest absolute Gasteiger partial charge is 0.368 e. The number of hydrogen-bond acceptors (Lipinski definition) is 4. The summed E-state index contributed by atoms with van der Waals surface area (Å²) in [5, 5.41) is 0. The summed E-state index contributed by atoms with van der Waals surface area (Å²) in [6, 6.07) is 5.55. The van der Waals surface area contributed by atoms with E-state index in [1.807, 2.05) is 24.0 Å². The number of hydrogen-bond donors (Lipinski definition) is 1. The molecule has 2 N–H and O–H groups in total. The Bertz CT molecular complexity index is 497. The van der Waals surface area contributed by atoms with Crippen molar-refractivity contribution >= 4 is 15.5 Å². The molecule has 0 radical (unpaired) electrons. The molecule has 0 saturated carbocycles. The van der Waals surface area contributed by atoms with Gasteiger partial charge in [-0.15, -0.1) is 0 Å². The molecule has 88 valence electrons. The number of nitrogens with zero attached hydrogens (tertiary/aromatic N) is 1. The van der Waals surface area contributed by atoms with Gasteiger partial charge in [-0.1, -0.05) is 6.07 Å². The number of fused-ring (bicyclic) bond motifs is 1. The van der Waals surface area contributed by atoms with Crippen molar-refractivity contribution in [2.75, 3.05) is 30.3 Å². The lowest BCUT2D eigenvalue weighted by Gasteiger charge is -2.30. The quantitative estimate of drug-likeness (QED) is 0.820. The second-order valence-corrected chi connectivity index (χ2v) is 6.14. The van der Waals surface area contributed by atoms with Crippen molar-refractivity contribution < 1.29 is 8.42 Å². The highest BCUT2D eigenvalue weighted by atomic mass is 32.2. The van der Waals surface area contributed by atoms with Crippen molar-refractivity contribution in [2.45, 2.75) is 11.8 Å². The van der Waals surface area contributed by atoms with Crippen molar-refractivity contribution in [3.8, 4) is 0 Å². The molecule has 0 fully saturated rings. The lowest BCUT2D eigenvalue weighted by molar-refractivity contribution is 0.589. The molecule has 0 unspecified atom stereocenters. The van der Waals surface area contributed by atoms with Crippen LogP contribution in [0, 0.1) is 6.92 Å². The Hall–Kier alpha value is -1.07. The van der Waals surface area contributed by atoms with Gasteiger partial charge < -0.3 is 10.6 Å². The summed E-state index contributed by atoms with van der Waals surface area (Å²) in [7, 11) is -3.10. The highest BCUT2D eigenvalue weighted by molar-refractivity contribution is 7.91. The number of anilines is 1. The van der Waals surface area contributed by atoms with E-state index in [9.17, 15) is 8.42 Å². The van der Waals surface area contributed by atoms with Gasteiger partial charge in [-0.25, -0.2) is 8.42 Å². The first-order chi connectivity index (χ1) is 7.54. The topological polar surface area (TPSA) is 63.4 Å². The van der Waals surface area contributed by atoms with Crippen molar-refractivity contribution in [3.05, 3.63) is 23.8 Å². The average Bonchev–Trinajstić information content (AvgIpc) is 2.23. The van der Waals surface area contributed by atoms with Gasteiger partial charge in [-0.2, -0.15) is 0 Å². The van der Waals surface area contributed by atoms with E-state index in [-0.39, 0.29) is 5.75 Å². The third-order valence-corrected chi connectivity index (χ3v) is 4.54. The molecule has 1 aliphatic heterocycles. The minimum atomic E-state index is -3.10. The molecule has 1 heterocycles. The second kappa shape index (κ2) is 4.07. The van der Waals surface area contributed by atoms with Crippen LogP contribution >= 0.6 is 0 Å². The maximum Gasteiger partial charge on any atom is 0.182 e. The Balaban J connectivity index is 2.53. The van der Waals surface area contributed by atoms with E-state index in [4.69, 9.17) is 5.73 Å². The molecule has 5 heteroatoms. The molecule has 1 aromatic carbocycles. The lowest BCUT2D eigenvalue weighted by Crippen LogP contribution is -2.38. The van der Waals surface area contributed by atoms with Crippen LogP contribution in [0.4, 0.5) is 5.69 Å². The van der Waals surface area contributed by atoms with Crippen LogP contribution in [0.2, 0.25) is 0 Å². The third kappa shape index (κ3) is 1.92. The van der Waals surface area contributed by atoms with Gasteiger partial charge in [0.1, 0.15) is 0 Å². The molecule has 1 aliphatic rings. The minimum absolute atomic E-state index is 0.184. The zero-order valence-corrected chi connectivity index (χ0v) is 10.1. The van der Waals surface area contributed by atoms with Gasteiger partial charge in [0.2, 0.25) is 0 Å². The van der Waals surface area contributed by atoms with Gasteiger partial charge in [-0.05, 0) is 24.6 Å². The highest BCUT2D eigenvalue weighted by Gasteiger charge is 2.27. The van der Waals surface area contributed by atoms with Gasteiger partial charge in [0.15, 0.2) is 9.84 Å². The Kier molecular flexibility index (Phi) is 2.90. The summed E-state index contributed by atoms with van der Waals surface area (Å²) in [5.41, 5.74) is 7.29. The fraction of sp³-hybridized carbons (Fsp3) is 0.455. The summed E-state index contributed by atoms with van der Waals surface area (Å²) in [4.78, 5) is 2.49. The molecule has 0 aromatic heterocycles. The Morgan fingerprint density at radius 1 is 1.44 bits per heavy atom. The first kappa shape index (κ1) is 11.4. The Morgan fingerprint density at radius 2 is 2.19 bits per heavy atom. The van der Waals surface area contributed by atoms with Gasteiger partial charge in [-0.3, -0.25) is 0 Å². The van der Waals surface area contributed by atoms with Crippen molar-refractivity contribution in [1.29, 1.82) is 0 Å². The van der Waals surface area contributed by atoms with Crippen LogP contribution in [0.25, 0.3) is 0 Å². The van der Waals surface area contributed by atoms with Crippen LogP contribution < -0.4 is 10.6 Å². The molecule has 0 amide bonds. The fourth-order valence-corrected chi connectivity index (χ4v) is 3.54. The molecule has 0 spiro atoms. The Labute approximate surface area is 96.0 Å². The van der Waals surface area contributed by atoms with Crippen LogP contribution in [-0.4, -0.2) is 33.8 Å². The molecule has 0 aliphatic carbocycles. The van der Waals surface area contributed by atoms with Crippen molar-refractivity contribution in [1.82, 2.24) is 0 Å². The number of sulfone groups is 1. The van der Waals surface area contributed by atoms with E-state index in [0.717, 1.165) is 11.3 Å². The summed E-state index contributed by atoms with van der Waals surface area (Å²) in [5.74, 6) is 0.184. The second-order valence-electron chi connectivity index (χ2n) is 4.07. The molecule has 0 bridgehead atoms. The summed E-state index contributed by atoms with van der Waals surface area (Å²) < 4.78 is 23.8. The fourth-order valence-electron chi connectivity index (χ4n) is 1.98. The van der Waals surface area contributed by atoms with Crippen LogP contribution in [0.5, 0.6) is 0 Å². The maximum atomic E-state index is 11.9.